The molecule has 0 amide bonds. The van der Waals surface area contributed by atoms with E-state index in [0.717, 1.165) is 4.40 Å². The molecule has 7 heteroatoms. The van der Waals surface area contributed by atoms with Crippen LogP contribution in [0.25, 0.3) is 5.52 Å². The SMILES string of the molecule is COc1cccc2c(C(=O)O)nc(C(=O)O)n12. The number of aromatic nitrogens is 2. The zero-order chi connectivity index (χ0) is 12.6. The van der Waals surface area contributed by atoms with E-state index in [0.29, 0.717) is 0 Å². The molecule has 0 unspecified atom stereocenters. The predicted octanol–water partition coefficient (Wildman–Crippen LogP) is 0.739. The monoisotopic (exact) mass is 236 g/mol. The van der Waals surface area contributed by atoms with Gasteiger partial charge in [0.25, 0.3) is 0 Å². The molecule has 2 heterocycles. The number of methoxy groups -OCH3 is 1. The first-order valence-corrected chi connectivity index (χ1v) is 4.58. The van der Waals surface area contributed by atoms with Crippen molar-refractivity contribution in [2.24, 2.45) is 0 Å². The fourth-order valence-corrected chi connectivity index (χ4v) is 1.57. The minimum Gasteiger partial charge on any atom is -0.482 e. The fraction of sp³-hybridized carbons (Fsp3) is 0.100. The number of nitrogens with zero attached hydrogens (tertiary/aromatic N) is 2. The van der Waals surface area contributed by atoms with Gasteiger partial charge in [0, 0.05) is 0 Å². The van der Waals surface area contributed by atoms with E-state index in [1.807, 2.05) is 0 Å². The van der Waals surface area contributed by atoms with Crippen molar-refractivity contribution < 1.29 is 24.5 Å². The van der Waals surface area contributed by atoms with Crippen LogP contribution in [0.3, 0.4) is 0 Å². The Hall–Kier alpha value is -2.57. The topological polar surface area (TPSA) is 101 Å². The second-order valence-electron chi connectivity index (χ2n) is 3.18. The van der Waals surface area contributed by atoms with Gasteiger partial charge in [-0.25, -0.2) is 14.6 Å². The normalized spacial score (nSPS) is 10.4. The molecule has 0 aliphatic heterocycles. The van der Waals surface area contributed by atoms with Gasteiger partial charge >= 0.3 is 11.9 Å². The van der Waals surface area contributed by atoms with Crippen molar-refractivity contribution in [3.05, 3.63) is 29.7 Å². The fourth-order valence-electron chi connectivity index (χ4n) is 1.57. The van der Waals surface area contributed by atoms with E-state index in [1.54, 1.807) is 6.07 Å². The van der Waals surface area contributed by atoms with Crippen LogP contribution in [0.1, 0.15) is 21.1 Å². The number of carboxylic acid groups (broad SMARTS) is 2. The number of rotatable bonds is 3. The highest BCUT2D eigenvalue weighted by Gasteiger charge is 2.22. The molecule has 0 spiro atoms. The average Bonchev–Trinajstić information content (AvgIpc) is 2.68. The van der Waals surface area contributed by atoms with Gasteiger partial charge < -0.3 is 14.9 Å². The first-order chi connectivity index (χ1) is 8.06. The summed E-state index contributed by atoms with van der Waals surface area (Å²) in [6.45, 7) is 0. The van der Waals surface area contributed by atoms with Crippen LogP contribution in [0.4, 0.5) is 0 Å². The van der Waals surface area contributed by atoms with Gasteiger partial charge in [0.1, 0.15) is 0 Å². The summed E-state index contributed by atoms with van der Waals surface area (Å²) in [6.07, 6.45) is 0. The summed E-state index contributed by atoms with van der Waals surface area (Å²) >= 11 is 0. The van der Waals surface area contributed by atoms with Crippen LogP contribution in [-0.2, 0) is 0 Å². The first kappa shape index (κ1) is 10.9. The van der Waals surface area contributed by atoms with E-state index in [4.69, 9.17) is 14.9 Å². The lowest BCUT2D eigenvalue weighted by molar-refractivity contribution is 0.0681. The minimum absolute atomic E-state index is 0.175. The van der Waals surface area contributed by atoms with Gasteiger partial charge in [-0.2, -0.15) is 0 Å². The van der Waals surface area contributed by atoms with Crippen molar-refractivity contribution in [3.63, 3.8) is 0 Å². The molecule has 0 bridgehead atoms. The van der Waals surface area contributed by atoms with Crippen molar-refractivity contribution in [2.75, 3.05) is 7.11 Å². The first-order valence-electron chi connectivity index (χ1n) is 4.58. The summed E-state index contributed by atoms with van der Waals surface area (Å²) in [5.41, 5.74) is -0.143. The third-order valence-electron chi connectivity index (χ3n) is 2.23. The van der Waals surface area contributed by atoms with Crippen LogP contribution < -0.4 is 4.74 Å². The lowest BCUT2D eigenvalue weighted by Crippen LogP contribution is -2.05. The number of hydrogen-bond acceptors (Lipinski definition) is 4. The molecule has 0 aromatic carbocycles. The second-order valence-corrected chi connectivity index (χ2v) is 3.18. The molecule has 17 heavy (non-hydrogen) atoms. The molecule has 0 atom stereocenters. The summed E-state index contributed by atoms with van der Waals surface area (Å²) in [4.78, 5) is 25.5. The molecule has 0 saturated heterocycles. The van der Waals surface area contributed by atoms with Crippen LogP contribution >= 0.6 is 0 Å². The smallest absolute Gasteiger partial charge is 0.372 e. The third kappa shape index (κ3) is 1.57. The Balaban J connectivity index is 2.90. The highest BCUT2D eigenvalue weighted by atomic mass is 16.5. The lowest BCUT2D eigenvalue weighted by atomic mass is 10.3. The van der Waals surface area contributed by atoms with Gasteiger partial charge in [0.05, 0.1) is 12.6 Å². The highest BCUT2D eigenvalue weighted by molar-refractivity contribution is 5.97. The molecule has 0 fully saturated rings. The van der Waals surface area contributed by atoms with Gasteiger partial charge in [-0.15, -0.1) is 0 Å². The zero-order valence-electron chi connectivity index (χ0n) is 8.75. The van der Waals surface area contributed by atoms with Crippen molar-refractivity contribution in [1.29, 1.82) is 0 Å². The molecular weight excluding hydrogens is 228 g/mol. The number of carboxylic acids is 2. The standard InChI is InChI=1S/C10H8N2O5/c1-17-6-4-2-3-5-7(9(13)14)11-8(10(15)16)12(5)6/h2-4H,1H3,(H,13,14)(H,15,16). The van der Waals surface area contributed by atoms with E-state index in [1.165, 1.54) is 19.2 Å². The van der Waals surface area contributed by atoms with Crippen LogP contribution in [0.5, 0.6) is 5.88 Å². The van der Waals surface area contributed by atoms with Crippen LogP contribution in [0.2, 0.25) is 0 Å². The predicted molar refractivity (Wildman–Crippen MR) is 55.7 cm³/mol. The number of ether oxygens (including phenoxy) is 1. The second kappa shape index (κ2) is 3.78. The molecule has 2 aromatic rings. The Morgan fingerprint density at radius 2 is 2.00 bits per heavy atom. The van der Waals surface area contributed by atoms with Crippen molar-refractivity contribution in [3.8, 4) is 5.88 Å². The van der Waals surface area contributed by atoms with Crippen molar-refractivity contribution in [2.45, 2.75) is 0 Å². The van der Waals surface area contributed by atoms with Gasteiger partial charge in [-0.3, -0.25) is 4.40 Å². The van der Waals surface area contributed by atoms with Crippen molar-refractivity contribution in [1.82, 2.24) is 9.38 Å². The maximum absolute atomic E-state index is 11.0. The minimum atomic E-state index is -1.32. The number of hydrogen-bond donors (Lipinski definition) is 2. The Kier molecular flexibility index (Phi) is 2.43. The van der Waals surface area contributed by atoms with Crippen molar-refractivity contribution >= 4 is 17.5 Å². The number of pyridine rings is 1. The van der Waals surface area contributed by atoms with Gasteiger partial charge in [0.15, 0.2) is 11.6 Å². The Bertz CT molecular complexity index is 616. The summed E-state index contributed by atoms with van der Waals surface area (Å²) in [6, 6.07) is 4.55. The molecule has 0 saturated carbocycles. The number of fused-ring (bicyclic) bond motifs is 1. The molecule has 2 rings (SSSR count). The lowest BCUT2D eigenvalue weighted by Gasteiger charge is -2.04. The van der Waals surface area contributed by atoms with Gasteiger partial charge in [-0.05, 0) is 12.1 Å². The number of aromatic carboxylic acids is 2. The maximum atomic E-state index is 11.0. The zero-order valence-corrected chi connectivity index (χ0v) is 8.75. The molecule has 0 radical (unpaired) electrons. The molecule has 0 aliphatic carbocycles. The Labute approximate surface area is 94.9 Å². The molecule has 2 N–H and O–H groups in total. The van der Waals surface area contributed by atoms with E-state index >= 15 is 0 Å². The molecule has 0 aliphatic rings. The van der Waals surface area contributed by atoms with Gasteiger partial charge in [-0.1, -0.05) is 6.07 Å². The average molecular weight is 236 g/mol. The summed E-state index contributed by atoms with van der Waals surface area (Å²) in [5.74, 6) is -2.80. The van der Waals surface area contributed by atoms with E-state index in [9.17, 15) is 9.59 Å². The summed E-state index contributed by atoms with van der Waals surface area (Å²) < 4.78 is 6.12. The Morgan fingerprint density at radius 1 is 1.29 bits per heavy atom. The number of imidazole rings is 1. The molecule has 88 valence electrons. The quantitative estimate of drug-likeness (QED) is 0.814. The molecule has 2 aromatic heterocycles. The van der Waals surface area contributed by atoms with E-state index < -0.39 is 17.8 Å². The van der Waals surface area contributed by atoms with Crippen LogP contribution in [0, 0.1) is 0 Å². The largest absolute Gasteiger partial charge is 0.482 e. The number of carbonyl (C=O) groups is 2. The Morgan fingerprint density at radius 3 is 2.53 bits per heavy atom. The van der Waals surface area contributed by atoms with Crippen LogP contribution in [-0.4, -0.2) is 38.6 Å². The van der Waals surface area contributed by atoms with E-state index in [2.05, 4.69) is 4.98 Å². The van der Waals surface area contributed by atoms with E-state index in [-0.39, 0.29) is 17.1 Å². The van der Waals surface area contributed by atoms with Crippen LogP contribution in [0.15, 0.2) is 18.2 Å². The summed E-state index contributed by atoms with van der Waals surface area (Å²) in [5, 5.41) is 17.9. The molecular formula is C10H8N2O5. The third-order valence-corrected chi connectivity index (χ3v) is 2.23. The molecule has 7 nitrogen and oxygen atoms in total. The summed E-state index contributed by atoms with van der Waals surface area (Å²) in [7, 11) is 1.36. The highest BCUT2D eigenvalue weighted by Crippen LogP contribution is 2.20. The maximum Gasteiger partial charge on any atom is 0.372 e. The van der Waals surface area contributed by atoms with Gasteiger partial charge in [0.2, 0.25) is 5.82 Å².